The minimum absolute atomic E-state index is 0.199. The van der Waals surface area contributed by atoms with E-state index in [1.807, 2.05) is 13.8 Å². The van der Waals surface area contributed by atoms with Crippen LogP contribution in [0.1, 0.15) is 33.1 Å². The van der Waals surface area contributed by atoms with Crippen LogP contribution in [-0.2, 0) is 9.53 Å². The molecule has 1 aliphatic rings. The molecule has 0 aliphatic carbocycles. The number of hydrogen-bond acceptors (Lipinski definition) is 2. The van der Waals surface area contributed by atoms with Crippen molar-refractivity contribution in [2.75, 3.05) is 6.61 Å². The monoisotopic (exact) mass is 156 g/mol. The maximum absolute atomic E-state index is 10.6. The summed E-state index contributed by atoms with van der Waals surface area (Å²) >= 11 is 0. The first-order chi connectivity index (χ1) is 5.14. The number of rotatable bonds is 3. The van der Waals surface area contributed by atoms with Gasteiger partial charge in [-0.05, 0) is 19.3 Å². The summed E-state index contributed by atoms with van der Waals surface area (Å²) in [5, 5.41) is 0. The van der Waals surface area contributed by atoms with E-state index in [1.165, 1.54) is 0 Å². The molecule has 0 aromatic carbocycles. The zero-order chi connectivity index (χ0) is 8.32. The molecule has 0 saturated carbocycles. The normalized spacial score (nSPS) is 25.5. The van der Waals surface area contributed by atoms with Crippen LogP contribution in [0.3, 0.4) is 0 Å². The van der Waals surface area contributed by atoms with Crippen LogP contribution in [0, 0.1) is 5.41 Å². The van der Waals surface area contributed by atoms with E-state index in [-0.39, 0.29) is 5.41 Å². The fraction of sp³-hybridized carbons (Fsp3) is 0.889. The fourth-order valence-corrected chi connectivity index (χ4v) is 1.44. The van der Waals surface area contributed by atoms with Crippen molar-refractivity contribution in [2.24, 2.45) is 5.41 Å². The molecule has 1 atom stereocenters. The van der Waals surface area contributed by atoms with Crippen LogP contribution in [0.5, 0.6) is 0 Å². The Balaban J connectivity index is 2.33. The highest BCUT2D eigenvalue weighted by Crippen LogP contribution is 2.26. The fourth-order valence-electron chi connectivity index (χ4n) is 1.44. The van der Waals surface area contributed by atoms with Gasteiger partial charge in [0.15, 0.2) is 0 Å². The minimum atomic E-state index is -0.199. The Hall–Kier alpha value is -0.370. The molecule has 1 aliphatic heterocycles. The average molecular weight is 156 g/mol. The number of aldehydes is 1. The third kappa shape index (κ3) is 2.62. The highest BCUT2D eigenvalue weighted by atomic mass is 16.5. The van der Waals surface area contributed by atoms with Crippen molar-refractivity contribution in [2.45, 2.75) is 39.2 Å². The van der Waals surface area contributed by atoms with Crippen molar-refractivity contribution in [3.05, 3.63) is 0 Å². The Labute approximate surface area is 67.9 Å². The highest BCUT2D eigenvalue weighted by Gasteiger charge is 2.25. The van der Waals surface area contributed by atoms with Crippen molar-refractivity contribution in [3.63, 3.8) is 0 Å². The van der Waals surface area contributed by atoms with Crippen molar-refractivity contribution >= 4 is 6.29 Å². The lowest BCUT2D eigenvalue weighted by atomic mass is 9.88. The van der Waals surface area contributed by atoms with E-state index in [9.17, 15) is 4.79 Å². The molecule has 1 unspecified atom stereocenters. The molecule has 2 nitrogen and oxygen atoms in total. The van der Waals surface area contributed by atoms with Gasteiger partial charge in [0, 0.05) is 12.0 Å². The van der Waals surface area contributed by atoms with Crippen molar-refractivity contribution in [1.29, 1.82) is 0 Å². The molecule has 11 heavy (non-hydrogen) atoms. The Morgan fingerprint density at radius 1 is 1.64 bits per heavy atom. The quantitative estimate of drug-likeness (QED) is 0.582. The summed E-state index contributed by atoms with van der Waals surface area (Å²) in [4.78, 5) is 10.6. The Bertz CT molecular complexity index is 134. The van der Waals surface area contributed by atoms with Gasteiger partial charge in [-0.3, -0.25) is 0 Å². The van der Waals surface area contributed by atoms with Crippen LogP contribution in [-0.4, -0.2) is 19.0 Å². The molecule has 64 valence electrons. The second-order valence-corrected chi connectivity index (χ2v) is 3.95. The van der Waals surface area contributed by atoms with Gasteiger partial charge in [-0.25, -0.2) is 0 Å². The van der Waals surface area contributed by atoms with Crippen LogP contribution in [0.2, 0.25) is 0 Å². The van der Waals surface area contributed by atoms with Gasteiger partial charge in [0.2, 0.25) is 0 Å². The summed E-state index contributed by atoms with van der Waals surface area (Å²) in [5.74, 6) is 0. The predicted molar refractivity (Wildman–Crippen MR) is 43.4 cm³/mol. The van der Waals surface area contributed by atoms with Crippen LogP contribution < -0.4 is 0 Å². The second kappa shape index (κ2) is 3.35. The number of carbonyl (C=O) groups is 1. The third-order valence-electron chi connectivity index (χ3n) is 2.10. The van der Waals surface area contributed by atoms with Gasteiger partial charge in [0.1, 0.15) is 6.29 Å². The first-order valence-corrected chi connectivity index (χ1v) is 4.22. The summed E-state index contributed by atoms with van der Waals surface area (Å²) in [6.45, 7) is 4.79. The maximum atomic E-state index is 10.6. The molecule has 1 heterocycles. The second-order valence-electron chi connectivity index (χ2n) is 3.95. The Morgan fingerprint density at radius 3 is 2.82 bits per heavy atom. The van der Waals surface area contributed by atoms with Crippen LogP contribution in [0.25, 0.3) is 0 Å². The van der Waals surface area contributed by atoms with Gasteiger partial charge >= 0.3 is 0 Å². The van der Waals surface area contributed by atoms with E-state index < -0.39 is 0 Å². The van der Waals surface area contributed by atoms with Gasteiger partial charge in [-0.2, -0.15) is 0 Å². The average Bonchev–Trinajstić information content (AvgIpc) is 2.39. The molecule has 2 heteroatoms. The van der Waals surface area contributed by atoms with Gasteiger partial charge in [0.05, 0.1) is 6.10 Å². The molecular weight excluding hydrogens is 140 g/mol. The summed E-state index contributed by atoms with van der Waals surface area (Å²) in [7, 11) is 0. The summed E-state index contributed by atoms with van der Waals surface area (Å²) in [5.41, 5.74) is -0.199. The van der Waals surface area contributed by atoms with E-state index in [1.54, 1.807) is 0 Å². The molecule has 0 N–H and O–H groups in total. The lowest BCUT2D eigenvalue weighted by Crippen LogP contribution is -2.21. The number of ether oxygens (including phenoxy) is 1. The topological polar surface area (TPSA) is 26.3 Å². The van der Waals surface area contributed by atoms with Crippen LogP contribution in [0.4, 0.5) is 0 Å². The minimum Gasteiger partial charge on any atom is -0.378 e. The van der Waals surface area contributed by atoms with Crippen molar-refractivity contribution < 1.29 is 9.53 Å². The molecule has 0 amide bonds. The standard InChI is InChI=1S/C9H16O2/c1-9(2,7-10)6-8-4-3-5-11-8/h7-8H,3-6H2,1-2H3. The van der Waals surface area contributed by atoms with Crippen molar-refractivity contribution in [1.82, 2.24) is 0 Å². The largest absolute Gasteiger partial charge is 0.378 e. The molecule has 1 saturated heterocycles. The maximum Gasteiger partial charge on any atom is 0.125 e. The lowest BCUT2D eigenvalue weighted by Gasteiger charge is -2.20. The number of carbonyl (C=O) groups excluding carboxylic acids is 1. The Morgan fingerprint density at radius 2 is 2.36 bits per heavy atom. The first-order valence-electron chi connectivity index (χ1n) is 4.22. The van der Waals surface area contributed by atoms with E-state index in [4.69, 9.17) is 4.74 Å². The van der Waals surface area contributed by atoms with E-state index in [0.717, 1.165) is 32.2 Å². The number of hydrogen-bond donors (Lipinski definition) is 0. The molecule has 0 bridgehead atoms. The smallest absolute Gasteiger partial charge is 0.125 e. The third-order valence-corrected chi connectivity index (χ3v) is 2.10. The zero-order valence-electron chi connectivity index (χ0n) is 7.30. The Kier molecular flexibility index (Phi) is 2.66. The van der Waals surface area contributed by atoms with Crippen molar-refractivity contribution in [3.8, 4) is 0 Å². The summed E-state index contributed by atoms with van der Waals surface area (Å²) in [6, 6.07) is 0. The molecule has 1 fully saturated rings. The van der Waals surface area contributed by atoms with Gasteiger partial charge in [-0.15, -0.1) is 0 Å². The zero-order valence-corrected chi connectivity index (χ0v) is 7.30. The van der Waals surface area contributed by atoms with Gasteiger partial charge in [-0.1, -0.05) is 13.8 Å². The van der Waals surface area contributed by atoms with Gasteiger partial charge in [0.25, 0.3) is 0 Å². The molecule has 0 aromatic rings. The summed E-state index contributed by atoms with van der Waals surface area (Å²) < 4.78 is 5.43. The van der Waals surface area contributed by atoms with Crippen LogP contribution in [0.15, 0.2) is 0 Å². The molecule has 0 aromatic heterocycles. The van der Waals surface area contributed by atoms with E-state index in [2.05, 4.69) is 0 Å². The van der Waals surface area contributed by atoms with Crippen LogP contribution >= 0.6 is 0 Å². The molecule has 1 rings (SSSR count). The predicted octanol–water partition coefficient (Wildman–Crippen LogP) is 1.78. The summed E-state index contributed by atoms with van der Waals surface area (Å²) in [6.07, 6.45) is 4.50. The van der Waals surface area contributed by atoms with Gasteiger partial charge < -0.3 is 9.53 Å². The van der Waals surface area contributed by atoms with E-state index in [0.29, 0.717) is 6.10 Å². The lowest BCUT2D eigenvalue weighted by molar-refractivity contribution is -0.116. The highest BCUT2D eigenvalue weighted by molar-refractivity contribution is 5.57. The SMILES string of the molecule is CC(C)(C=O)CC1CCCO1. The van der Waals surface area contributed by atoms with E-state index >= 15 is 0 Å². The first kappa shape index (κ1) is 8.72. The molecular formula is C9H16O2. The molecule has 0 spiro atoms. The molecule has 0 radical (unpaired) electrons.